The van der Waals surface area contributed by atoms with Crippen LogP contribution in [-0.4, -0.2) is 11.7 Å². The molecule has 1 heterocycles. The van der Waals surface area contributed by atoms with E-state index >= 15 is 0 Å². The van der Waals surface area contributed by atoms with Crippen LogP contribution in [0.2, 0.25) is 0 Å². The maximum Gasteiger partial charge on any atom is 0.0908 e. The fourth-order valence-electron chi connectivity index (χ4n) is 1.19. The van der Waals surface area contributed by atoms with Crippen molar-refractivity contribution in [3.05, 3.63) is 53.2 Å². The van der Waals surface area contributed by atoms with E-state index in [1.165, 1.54) is 0 Å². The van der Waals surface area contributed by atoms with Gasteiger partial charge >= 0.3 is 0 Å². The largest absolute Gasteiger partial charge is 0.272 e. The minimum atomic E-state index is 0.779. The lowest BCUT2D eigenvalue weighted by molar-refractivity contribution is 1.26. The summed E-state index contributed by atoms with van der Waals surface area (Å²) in [6, 6.07) is 0. The molecule has 0 bridgehead atoms. The number of rotatable bonds is 5. The molecule has 3 heteroatoms. The van der Waals surface area contributed by atoms with E-state index in [1.807, 2.05) is 6.92 Å². The Morgan fingerprint density at radius 3 is 2.69 bits per heavy atom. The highest BCUT2D eigenvalue weighted by molar-refractivity contribution is 7.12. The third-order valence-corrected chi connectivity index (χ3v) is 2.97. The molecule has 0 aliphatic heterocycles. The smallest absolute Gasteiger partial charge is 0.0908 e. The van der Waals surface area contributed by atoms with Crippen LogP contribution in [-0.2, 0) is 0 Å². The van der Waals surface area contributed by atoms with E-state index in [9.17, 15) is 0 Å². The standard InChI is InChI=1S/C13H14N2S/c1-6-12-13(15-11(4)16-12)10(3)9(2)7-8-14-5/h6-8H,1-3,5H2,4H3/b8-7-. The zero-order valence-electron chi connectivity index (χ0n) is 9.36. The Bertz CT molecular complexity index is 478. The Kier molecular flexibility index (Phi) is 4.14. The molecule has 0 saturated carbocycles. The molecule has 0 aromatic carbocycles. The van der Waals surface area contributed by atoms with Gasteiger partial charge in [0.2, 0.25) is 0 Å². The second kappa shape index (κ2) is 5.37. The number of nitrogens with zero attached hydrogens (tertiary/aromatic N) is 2. The molecule has 0 aliphatic carbocycles. The summed E-state index contributed by atoms with van der Waals surface area (Å²) in [7, 11) is 0. The lowest BCUT2D eigenvalue weighted by Gasteiger charge is -2.02. The zero-order chi connectivity index (χ0) is 12.1. The van der Waals surface area contributed by atoms with Gasteiger partial charge in [-0.05, 0) is 31.4 Å². The summed E-state index contributed by atoms with van der Waals surface area (Å²) in [4.78, 5) is 9.06. The van der Waals surface area contributed by atoms with Crippen LogP contribution in [0.4, 0.5) is 0 Å². The number of hydrogen-bond acceptors (Lipinski definition) is 3. The van der Waals surface area contributed by atoms with Crippen LogP contribution in [0.3, 0.4) is 0 Å². The van der Waals surface area contributed by atoms with Crippen LogP contribution in [0.15, 0.2) is 42.6 Å². The normalized spacial score (nSPS) is 10.3. The molecular formula is C13H14N2S. The molecule has 1 aromatic heterocycles. The van der Waals surface area contributed by atoms with Crippen molar-refractivity contribution in [3.8, 4) is 0 Å². The summed E-state index contributed by atoms with van der Waals surface area (Å²) in [5.41, 5.74) is 2.41. The number of allylic oxidation sites excluding steroid dienone is 3. The van der Waals surface area contributed by atoms with Crippen molar-refractivity contribution >= 4 is 29.7 Å². The minimum absolute atomic E-state index is 0.779. The first-order chi connectivity index (χ1) is 7.60. The summed E-state index contributed by atoms with van der Waals surface area (Å²) in [5, 5.41) is 0.990. The maximum atomic E-state index is 4.42. The summed E-state index contributed by atoms with van der Waals surface area (Å²) >= 11 is 1.59. The van der Waals surface area contributed by atoms with Crippen molar-refractivity contribution in [2.45, 2.75) is 6.92 Å². The number of aryl methyl sites for hydroxylation is 1. The maximum absolute atomic E-state index is 4.42. The lowest BCUT2D eigenvalue weighted by atomic mass is 10.1. The Morgan fingerprint density at radius 2 is 2.12 bits per heavy atom. The number of thiazole rings is 1. The Balaban J connectivity index is 3.04. The van der Waals surface area contributed by atoms with Gasteiger partial charge in [0.15, 0.2) is 0 Å². The summed E-state index contributed by atoms with van der Waals surface area (Å²) in [5.74, 6) is 0. The van der Waals surface area contributed by atoms with Crippen molar-refractivity contribution in [1.82, 2.24) is 4.98 Å². The zero-order valence-corrected chi connectivity index (χ0v) is 10.2. The van der Waals surface area contributed by atoms with E-state index in [0.29, 0.717) is 0 Å². The van der Waals surface area contributed by atoms with Gasteiger partial charge in [-0.1, -0.05) is 19.7 Å². The Hall–Kier alpha value is -1.74. The molecule has 16 heavy (non-hydrogen) atoms. The summed E-state index contributed by atoms with van der Waals surface area (Å²) < 4.78 is 0. The molecule has 0 unspecified atom stereocenters. The van der Waals surface area contributed by atoms with E-state index in [4.69, 9.17) is 0 Å². The fraction of sp³-hybridized carbons (Fsp3) is 0.0769. The average molecular weight is 230 g/mol. The molecular weight excluding hydrogens is 216 g/mol. The average Bonchev–Trinajstić information content (AvgIpc) is 2.66. The number of aromatic nitrogens is 1. The molecule has 0 atom stereocenters. The second-order valence-corrected chi connectivity index (χ2v) is 4.39. The molecule has 1 rings (SSSR count). The van der Waals surface area contributed by atoms with E-state index in [-0.39, 0.29) is 0 Å². The highest BCUT2D eigenvalue weighted by Gasteiger charge is 2.10. The van der Waals surface area contributed by atoms with Gasteiger partial charge in [-0.25, -0.2) is 4.98 Å². The molecule has 0 saturated heterocycles. The third-order valence-electron chi connectivity index (χ3n) is 2.00. The van der Waals surface area contributed by atoms with Crippen molar-refractivity contribution in [1.29, 1.82) is 0 Å². The van der Waals surface area contributed by atoms with Gasteiger partial charge < -0.3 is 0 Å². The van der Waals surface area contributed by atoms with Gasteiger partial charge in [-0.3, -0.25) is 4.99 Å². The van der Waals surface area contributed by atoms with E-state index in [1.54, 1.807) is 29.7 Å². The summed E-state index contributed by atoms with van der Waals surface area (Å²) in [6.45, 7) is 17.0. The molecule has 0 radical (unpaired) electrons. The molecule has 0 aliphatic rings. The first-order valence-corrected chi connectivity index (χ1v) is 5.52. The topological polar surface area (TPSA) is 25.2 Å². The predicted octanol–water partition coefficient (Wildman–Crippen LogP) is 3.88. The SMILES string of the molecule is C=Cc1sc(C)nc1C(=C)C(=C)/C=C\N=C. The third kappa shape index (κ3) is 2.64. The van der Waals surface area contributed by atoms with E-state index in [0.717, 1.165) is 26.7 Å². The number of hydrogen-bond donors (Lipinski definition) is 0. The first kappa shape index (κ1) is 12.3. The Morgan fingerprint density at radius 1 is 1.44 bits per heavy atom. The minimum Gasteiger partial charge on any atom is -0.272 e. The van der Waals surface area contributed by atoms with Crippen molar-refractivity contribution in [2.24, 2.45) is 4.99 Å². The number of aliphatic imine (C=N–C) groups is 1. The first-order valence-electron chi connectivity index (χ1n) is 4.71. The molecule has 0 spiro atoms. The fourth-order valence-corrected chi connectivity index (χ4v) is 2.00. The molecule has 0 amide bonds. The molecule has 1 aromatic rings. The van der Waals surface area contributed by atoms with Crippen LogP contribution >= 0.6 is 11.3 Å². The van der Waals surface area contributed by atoms with Crippen LogP contribution in [0.25, 0.3) is 11.6 Å². The predicted molar refractivity (Wildman–Crippen MR) is 73.8 cm³/mol. The molecule has 82 valence electrons. The molecule has 0 fully saturated rings. The highest BCUT2D eigenvalue weighted by Crippen LogP contribution is 2.28. The van der Waals surface area contributed by atoms with E-state index in [2.05, 4.69) is 36.4 Å². The van der Waals surface area contributed by atoms with Crippen molar-refractivity contribution in [2.75, 3.05) is 0 Å². The van der Waals surface area contributed by atoms with Crippen LogP contribution in [0, 0.1) is 6.92 Å². The quantitative estimate of drug-likeness (QED) is 0.556. The van der Waals surface area contributed by atoms with Gasteiger partial charge in [0.1, 0.15) is 0 Å². The van der Waals surface area contributed by atoms with Gasteiger partial charge in [0.05, 0.1) is 15.6 Å². The van der Waals surface area contributed by atoms with Crippen molar-refractivity contribution in [3.63, 3.8) is 0 Å². The van der Waals surface area contributed by atoms with Gasteiger partial charge in [0, 0.05) is 11.8 Å². The van der Waals surface area contributed by atoms with E-state index < -0.39 is 0 Å². The molecule has 0 N–H and O–H groups in total. The highest BCUT2D eigenvalue weighted by atomic mass is 32.1. The van der Waals surface area contributed by atoms with Crippen LogP contribution in [0.1, 0.15) is 15.6 Å². The Labute approximate surface area is 100 Å². The monoisotopic (exact) mass is 230 g/mol. The molecule has 2 nitrogen and oxygen atoms in total. The van der Waals surface area contributed by atoms with Gasteiger partial charge in [-0.15, -0.1) is 11.3 Å². The van der Waals surface area contributed by atoms with Gasteiger partial charge in [0.25, 0.3) is 0 Å². The summed E-state index contributed by atoms with van der Waals surface area (Å²) in [6.07, 6.45) is 5.13. The van der Waals surface area contributed by atoms with Crippen LogP contribution in [0.5, 0.6) is 0 Å². The lowest BCUT2D eigenvalue weighted by Crippen LogP contribution is -1.87. The van der Waals surface area contributed by atoms with Gasteiger partial charge in [-0.2, -0.15) is 0 Å². The van der Waals surface area contributed by atoms with Crippen molar-refractivity contribution < 1.29 is 0 Å². The van der Waals surface area contributed by atoms with Crippen LogP contribution < -0.4 is 0 Å². The second-order valence-electron chi connectivity index (χ2n) is 3.15.